The Morgan fingerprint density at radius 3 is 2.75 bits per heavy atom. The topological polar surface area (TPSA) is 85.1 Å². The number of hydrogen-bond acceptors (Lipinski definition) is 4. The quantitative estimate of drug-likeness (QED) is 0.903. The highest BCUT2D eigenvalue weighted by molar-refractivity contribution is 7.89. The molecule has 0 saturated carbocycles. The molecule has 2 rings (SSSR count). The summed E-state index contributed by atoms with van der Waals surface area (Å²) in [4.78, 5) is 3.73. The van der Waals surface area contributed by atoms with Crippen molar-refractivity contribution in [1.29, 1.82) is 0 Å². The van der Waals surface area contributed by atoms with Gasteiger partial charge in [-0.2, -0.15) is 0 Å². The fourth-order valence-electron chi connectivity index (χ4n) is 1.52. The molecule has 0 bridgehead atoms. The summed E-state index contributed by atoms with van der Waals surface area (Å²) >= 11 is 5.62. The van der Waals surface area contributed by atoms with E-state index in [1.807, 2.05) is 0 Å². The lowest BCUT2D eigenvalue weighted by Crippen LogP contribution is -2.25. The van der Waals surface area contributed by atoms with Gasteiger partial charge in [0.1, 0.15) is 5.82 Å². The lowest BCUT2D eigenvalue weighted by atomic mass is 10.2. The van der Waals surface area contributed by atoms with E-state index < -0.39 is 15.8 Å². The Bertz CT molecular complexity index is 737. The van der Waals surface area contributed by atoms with Gasteiger partial charge in [-0.05, 0) is 29.8 Å². The summed E-state index contributed by atoms with van der Waals surface area (Å²) < 4.78 is 39.4. The number of hydrogen-bond donors (Lipinski definition) is 2. The van der Waals surface area contributed by atoms with E-state index in [4.69, 9.17) is 17.3 Å². The maximum atomic E-state index is 13.0. The lowest BCUT2D eigenvalue weighted by Gasteiger charge is -2.08. The SMILES string of the molecule is Nc1cccnc1S(=O)(=O)NCc1ccc(F)c(Cl)c1. The van der Waals surface area contributed by atoms with Gasteiger partial charge in [-0.3, -0.25) is 0 Å². The molecule has 1 aromatic carbocycles. The number of pyridine rings is 1. The van der Waals surface area contributed by atoms with Crippen molar-refractivity contribution >= 4 is 27.3 Å². The van der Waals surface area contributed by atoms with E-state index in [-0.39, 0.29) is 22.3 Å². The molecule has 3 N–H and O–H groups in total. The number of nitrogens with zero attached hydrogens (tertiary/aromatic N) is 1. The number of nitrogen functional groups attached to an aromatic ring is 1. The van der Waals surface area contributed by atoms with Gasteiger partial charge in [0.2, 0.25) is 0 Å². The van der Waals surface area contributed by atoms with Crippen LogP contribution >= 0.6 is 11.6 Å². The zero-order valence-electron chi connectivity index (χ0n) is 10.2. The second-order valence-electron chi connectivity index (χ2n) is 3.97. The standard InChI is InChI=1S/C12H11ClFN3O2S/c13-9-6-8(3-4-10(9)14)7-17-20(18,19)12-11(15)2-1-5-16-12/h1-6,17H,7,15H2. The molecule has 106 valence electrons. The Labute approximate surface area is 120 Å². The molecule has 20 heavy (non-hydrogen) atoms. The van der Waals surface area contributed by atoms with Crippen molar-refractivity contribution in [2.24, 2.45) is 0 Å². The van der Waals surface area contributed by atoms with Gasteiger partial charge in [-0.25, -0.2) is 22.5 Å². The van der Waals surface area contributed by atoms with E-state index in [0.29, 0.717) is 5.56 Å². The number of benzene rings is 1. The number of rotatable bonds is 4. The highest BCUT2D eigenvalue weighted by atomic mass is 35.5. The molecular formula is C12H11ClFN3O2S. The maximum absolute atomic E-state index is 13.0. The van der Waals surface area contributed by atoms with Gasteiger partial charge >= 0.3 is 0 Å². The average Bonchev–Trinajstić information content (AvgIpc) is 2.40. The second kappa shape index (κ2) is 5.74. The number of aromatic nitrogens is 1. The molecule has 2 aromatic rings. The summed E-state index contributed by atoms with van der Waals surface area (Å²) in [7, 11) is -3.84. The van der Waals surface area contributed by atoms with Crippen molar-refractivity contribution < 1.29 is 12.8 Å². The predicted molar refractivity (Wildman–Crippen MR) is 74.1 cm³/mol. The Morgan fingerprint density at radius 1 is 1.35 bits per heavy atom. The highest BCUT2D eigenvalue weighted by Gasteiger charge is 2.18. The van der Waals surface area contributed by atoms with Gasteiger partial charge in [0.25, 0.3) is 10.0 Å². The first-order valence-corrected chi connectivity index (χ1v) is 7.40. The van der Waals surface area contributed by atoms with Crippen LogP contribution < -0.4 is 10.5 Å². The first-order valence-electron chi connectivity index (χ1n) is 5.54. The van der Waals surface area contributed by atoms with Crippen molar-refractivity contribution in [3.8, 4) is 0 Å². The largest absolute Gasteiger partial charge is 0.396 e. The molecule has 0 saturated heterocycles. The van der Waals surface area contributed by atoms with Crippen molar-refractivity contribution in [1.82, 2.24) is 9.71 Å². The van der Waals surface area contributed by atoms with Gasteiger partial charge < -0.3 is 5.73 Å². The summed E-state index contributed by atoms with van der Waals surface area (Å²) in [5.41, 5.74) is 6.14. The summed E-state index contributed by atoms with van der Waals surface area (Å²) in [6.07, 6.45) is 1.33. The van der Waals surface area contributed by atoms with Crippen LogP contribution in [0, 0.1) is 5.82 Å². The summed E-state index contributed by atoms with van der Waals surface area (Å²) in [5, 5.41) is -0.313. The molecule has 0 spiro atoms. The third-order valence-electron chi connectivity index (χ3n) is 2.51. The predicted octanol–water partition coefficient (Wildman–Crippen LogP) is 1.93. The minimum Gasteiger partial charge on any atom is -0.396 e. The van der Waals surface area contributed by atoms with Gasteiger partial charge in [-0.15, -0.1) is 0 Å². The molecule has 1 aromatic heterocycles. The summed E-state index contributed by atoms with van der Waals surface area (Å²) in [6.45, 7) is -0.0433. The van der Waals surface area contributed by atoms with Gasteiger partial charge in [0.15, 0.2) is 5.03 Å². The summed E-state index contributed by atoms with van der Waals surface area (Å²) in [5.74, 6) is -0.563. The van der Waals surface area contributed by atoms with Gasteiger partial charge in [-0.1, -0.05) is 17.7 Å². The molecule has 8 heteroatoms. The highest BCUT2D eigenvalue weighted by Crippen LogP contribution is 2.17. The van der Waals surface area contributed by atoms with E-state index in [2.05, 4.69) is 9.71 Å². The Kier molecular flexibility index (Phi) is 4.22. The van der Waals surface area contributed by atoms with Crippen LogP contribution in [-0.2, 0) is 16.6 Å². The number of anilines is 1. The molecule has 1 heterocycles. The van der Waals surface area contributed by atoms with Crippen molar-refractivity contribution in [2.75, 3.05) is 5.73 Å². The molecule has 0 radical (unpaired) electrons. The third kappa shape index (κ3) is 3.24. The smallest absolute Gasteiger partial charge is 0.260 e. The van der Waals surface area contributed by atoms with E-state index in [1.54, 1.807) is 0 Å². The van der Waals surface area contributed by atoms with Crippen LogP contribution in [0.25, 0.3) is 0 Å². The van der Waals surface area contributed by atoms with Crippen molar-refractivity contribution in [3.05, 3.63) is 52.9 Å². The maximum Gasteiger partial charge on any atom is 0.260 e. The molecule has 0 atom stereocenters. The first kappa shape index (κ1) is 14.7. The van der Waals surface area contributed by atoms with Crippen LogP contribution in [0.3, 0.4) is 0 Å². The summed E-state index contributed by atoms with van der Waals surface area (Å²) in [6, 6.07) is 6.93. The number of nitrogens with two attached hydrogens (primary N) is 1. The molecule has 0 aliphatic carbocycles. The number of sulfonamides is 1. The van der Waals surface area contributed by atoms with Crippen molar-refractivity contribution in [3.63, 3.8) is 0 Å². The molecule has 0 unspecified atom stereocenters. The normalized spacial score (nSPS) is 11.5. The minimum atomic E-state index is -3.84. The monoisotopic (exact) mass is 315 g/mol. The number of halogens is 2. The molecule has 5 nitrogen and oxygen atoms in total. The van der Waals surface area contributed by atoms with E-state index in [1.165, 1.54) is 36.5 Å². The van der Waals surface area contributed by atoms with Crippen LogP contribution in [-0.4, -0.2) is 13.4 Å². The minimum absolute atomic E-state index is 0.0433. The first-order chi connectivity index (χ1) is 9.40. The molecule has 0 amide bonds. The molecule has 0 aliphatic heterocycles. The lowest BCUT2D eigenvalue weighted by molar-refractivity contribution is 0.578. The van der Waals surface area contributed by atoms with Crippen LogP contribution in [0.1, 0.15) is 5.56 Å². The second-order valence-corrected chi connectivity index (χ2v) is 6.06. The van der Waals surface area contributed by atoms with Crippen LogP contribution in [0.15, 0.2) is 41.6 Å². The van der Waals surface area contributed by atoms with Crippen LogP contribution in [0.4, 0.5) is 10.1 Å². The molecule has 0 fully saturated rings. The van der Waals surface area contributed by atoms with Crippen molar-refractivity contribution in [2.45, 2.75) is 11.6 Å². The van der Waals surface area contributed by atoms with Gasteiger partial charge in [0.05, 0.1) is 10.7 Å². The zero-order chi connectivity index (χ0) is 14.8. The fourth-order valence-corrected chi connectivity index (χ4v) is 2.80. The molecule has 0 aliphatic rings. The average molecular weight is 316 g/mol. The zero-order valence-corrected chi connectivity index (χ0v) is 11.7. The van der Waals surface area contributed by atoms with Crippen LogP contribution in [0.2, 0.25) is 5.02 Å². The van der Waals surface area contributed by atoms with Crippen LogP contribution in [0.5, 0.6) is 0 Å². The Hall–Kier alpha value is -1.70. The van der Waals surface area contributed by atoms with E-state index in [9.17, 15) is 12.8 Å². The van der Waals surface area contributed by atoms with E-state index in [0.717, 1.165) is 0 Å². The third-order valence-corrected chi connectivity index (χ3v) is 4.17. The Morgan fingerprint density at radius 2 is 2.10 bits per heavy atom. The fraction of sp³-hybridized carbons (Fsp3) is 0.0833. The Balaban J connectivity index is 2.17. The van der Waals surface area contributed by atoms with Gasteiger partial charge in [0, 0.05) is 12.7 Å². The van der Waals surface area contributed by atoms with E-state index >= 15 is 0 Å². The number of nitrogens with one attached hydrogen (secondary N) is 1. The molecular weight excluding hydrogens is 305 g/mol.